The number of hydrogen-bond donors (Lipinski definition) is 2. The predicted octanol–water partition coefficient (Wildman–Crippen LogP) is 3.24. The van der Waals surface area contributed by atoms with Crippen molar-refractivity contribution in [2.45, 2.75) is 25.7 Å². The van der Waals surface area contributed by atoms with Crippen LogP contribution in [-0.2, 0) is 0 Å². The number of nitrogens with zero attached hydrogens (tertiary/aromatic N) is 3. The average Bonchev–Trinajstić information content (AvgIpc) is 2.94. The number of allylic oxidation sites excluding steroid dienone is 4. The van der Waals surface area contributed by atoms with Crippen molar-refractivity contribution in [3.8, 4) is 11.4 Å². The van der Waals surface area contributed by atoms with Crippen LogP contribution < -0.4 is 5.32 Å². The molecule has 0 spiro atoms. The highest BCUT2D eigenvalue weighted by Crippen LogP contribution is 2.34. The average molecular weight is 294 g/mol. The standard InChI is InChI=1S/C17H18N4O/c1-11-10-18-14-8-7-13(22)9-15(14)21-16(11)19-20-17(21)12-5-3-2-4-6-12/h3,5-9,11,18,22H,2,4,10H2,1H3. The van der Waals surface area contributed by atoms with E-state index in [2.05, 4.69) is 45.2 Å². The number of aromatic hydroxyl groups is 1. The summed E-state index contributed by atoms with van der Waals surface area (Å²) in [7, 11) is 0. The van der Waals surface area contributed by atoms with E-state index in [1.807, 2.05) is 6.07 Å². The van der Waals surface area contributed by atoms with Gasteiger partial charge in [-0.1, -0.05) is 25.2 Å². The normalized spacial score (nSPS) is 19.7. The van der Waals surface area contributed by atoms with Crippen molar-refractivity contribution in [2.75, 3.05) is 11.9 Å². The molecule has 0 amide bonds. The molecule has 1 aliphatic carbocycles. The van der Waals surface area contributed by atoms with E-state index in [0.717, 1.165) is 48.0 Å². The summed E-state index contributed by atoms with van der Waals surface area (Å²) in [5, 5.41) is 22.2. The van der Waals surface area contributed by atoms with Crippen LogP contribution in [0.15, 0.2) is 36.4 Å². The van der Waals surface area contributed by atoms with Crippen LogP contribution in [0.5, 0.6) is 5.75 Å². The van der Waals surface area contributed by atoms with Gasteiger partial charge in [-0.3, -0.25) is 4.57 Å². The van der Waals surface area contributed by atoms with Gasteiger partial charge in [0, 0.05) is 24.1 Å². The summed E-state index contributed by atoms with van der Waals surface area (Å²) in [6, 6.07) is 5.37. The first-order chi connectivity index (χ1) is 10.7. The molecule has 0 bridgehead atoms. The SMILES string of the molecule is CC1CNc2ccc(O)cc2-n2c(C3=CCCC=C3)nnc21. The number of aromatic nitrogens is 3. The topological polar surface area (TPSA) is 63.0 Å². The van der Waals surface area contributed by atoms with Gasteiger partial charge in [0.05, 0.1) is 11.4 Å². The fourth-order valence-corrected chi connectivity index (χ4v) is 3.03. The summed E-state index contributed by atoms with van der Waals surface area (Å²) in [4.78, 5) is 0. The van der Waals surface area contributed by atoms with Gasteiger partial charge >= 0.3 is 0 Å². The zero-order chi connectivity index (χ0) is 15.1. The van der Waals surface area contributed by atoms with Gasteiger partial charge in [-0.25, -0.2) is 0 Å². The third kappa shape index (κ3) is 2.01. The summed E-state index contributed by atoms with van der Waals surface area (Å²) in [6.07, 6.45) is 8.56. The van der Waals surface area contributed by atoms with Crippen molar-refractivity contribution in [3.63, 3.8) is 0 Å². The molecule has 1 aromatic heterocycles. The number of benzene rings is 1. The van der Waals surface area contributed by atoms with Gasteiger partial charge in [0.15, 0.2) is 5.82 Å². The Kier molecular flexibility index (Phi) is 2.99. The lowest BCUT2D eigenvalue weighted by molar-refractivity contribution is 0.475. The lowest BCUT2D eigenvalue weighted by atomic mass is 10.1. The Morgan fingerprint density at radius 2 is 2.18 bits per heavy atom. The summed E-state index contributed by atoms with van der Waals surface area (Å²) in [5.74, 6) is 2.25. The van der Waals surface area contributed by atoms with Crippen LogP contribution in [0, 0.1) is 0 Å². The zero-order valence-corrected chi connectivity index (χ0v) is 12.5. The summed E-state index contributed by atoms with van der Waals surface area (Å²) >= 11 is 0. The smallest absolute Gasteiger partial charge is 0.168 e. The molecule has 1 aromatic carbocycles. The molecule has 0 fully saturated rings. The maximum atomic E-state index is 9.90. The summed E-state index contributed by atoms with van der Waals surface area (Å²) in [6.45, 7) is 2.93. The molecule has 5 nitrogen and oxygen atoms in total. The van der Waals surface area contributed by atoms with E-state index < -0.39 is 0 Å². The van der Waals surface area contributed by atoms with Crippen molar-refractivity contribution in [3.05, 3.63) is 48.1 Å². The third-order valence-electron chi connectivity index (χ3n) is 4.20. The second-order valence-electron chi connectivity index (χ2n) is 5.84. The van der Waals surface area contributed by atoms with Gasteiger partial charge in [0.1, 0.15) is 11.6 Å². The molecule has 1 atom stereocenters. The van der Waals surface area contributed by atoms with Crippen molar-refractivity contribution >= 4 is 11.3 Å². The maximum Gasteiger partial charge on any atom is 0.168 e. The minimum Gasteiger partial charge on any atom is -0.508 e. The third-order valence-corrected chi connectivity index (χ3v) is 4.20. The second kappa shape index (κ2) is 5.02. The van der Waals surface area contributed by atoms with E-state index in [0.29, 0.717) is 0 Å². The van der Waals surface area contributed by atoms with Crippen LogP contribution in [0.25, 0.3) is 11.3 Å². The van der Waals surface area contributed by atoms with Gasteiger partial charge in [-0.05, 0) is 25.0 Å². The Morgan fingerprint density at radius 1 is 1.27 bits per heavy atom. The molecule has 4 rings (SSSR count). The molecule has 2 heterocycles. The molecule has 22 heavy (non-hydrogen) atoms. The zero-order valence-electron chi connectivity index (χ0n) is 12.5. The number of anilines is 1. The molecule has 1 aliphatic heterocycles. The Morgan fingerprint density at radius 3 is 3.00 bits per heavy atom. The number of nitrogens with one attached hydrogen (secondary N) is 1. The molecule has 2 N–H and O–H groups in total. The lowest BCUT2D eigenvalue weighted by Gasteiger charge is -2.14. The Bertz CT molecular complexity index is 788. The van der Waals surface area contributed by atoms with Crippen LogP contribution >= 0.6 is 0 Å². The molecule has 2 aromatic rings. The van der Waals surface area contributed by atoms with Gasteiger partial charge in [0.2, 0.25) is 0 Å². The van der Waals surface area contributed by atoms with E-state index in [-0.39, 0.29) is 11.7 Å². The van der Waals surface area contributed by atoms with E-state index in [4.69, 9.17) is 0 Å². The Labute approximate surface area is 129 Å². The van der Waals surface area contributed by atoms with Crippen molar-refractivity contribution in [2.24, 2.45) is 0 Å². The van der Waals surface area contributed by atoms with Gasteiger partial charge in [0.25, 0.3) is 0 Å². The molecule has 0 saturated carbocycles. The monoisotopic (exact) mass is 294 g/mol. The van der Waals surface area contributed by atoms with E-state index in [9.17, 15) is 5.11 Å². The van der Waals surface area contributed by atoms with E-state index in [1.54, 1.807) is 12.1 Å². The number of fused-ring (bicyclic) bond motifs is 3. The highest BCUT2D eigenvalue weighted by atomic mass is 16.3. The minimum atomic E-state index is 0.240. The fraction of sp³-hybridized carbons (Fsp3) is 0.294. The molecule has 1 unspecified atom stereocenters. The van der Waals surface area contributed by atoms with Crippen LogP contribution in [0.2, 0.25) is 0 Å². The van der Waals surface area contributed by atoms with Crippen molar-refractivity contribution in [1.29, 1.82) is 0 Å². The van der Waals surface area contributed by atoms with E-state index in [1.165, 1.54) is 0 Å². The number of hydrogen-bond acceptors (Lipinski definition) is 4. The largest absolute Gasteiger partial charge is 0.508 e. The van der Waals surface area contributed by atoms with E-state index >= 15 is 0 Å². The first-order valence-corrected chi connectivity index (χ1v) is 7.63. The second-order valence-corrected chi connectivity index (χ2v) is 5.84. The molecule has 5 heteroatoms. The Balaban J connectivity index is 1.97. The van der Waals surface area contributed by atoms with Gasteiger partial charge in [-0.15, -0.1) is 10.2 Å². The predicted molar refractivity (Wildman–Crippen MR) is 86.3 cm³/mol. The molecule has 0 radical (unpaired) electrons. The first-order valence-electron chi connectivity index (χ1n) is 7.63. The first kappa shape index (κ1) is 13.1. The fourth-order valence-electron chi connectivity index (χ4n) is 3.03. The van der Waals surface area contributed by atoms with Crippen LogP contribution in [0.4, 0.5) is 5.69 Å². The maximum absolute atomic E-state index is 9.90. The van der Waals surface area contributed by atoms with Crippen molar-refractivity contribution in [1.82, 2.24) is 14.8 Å². The minimum absolute atomic E-state index is 0.240. The summed E-state index contributed by atoms with van der Waals surface area (Å²) < 4.78 is 2.07. The number of phenolic OH excluding ortho intramolecular Hbond substituents is 1. The molecular weight excluding hydrogens is 276 g/mol. The molecule has 112 valence electrons. The molecule has 2 aliphatic rings. The molecule has 0 saturated heterocycles. The summed E-state index contributed by atoms with van der Waals surface area (Å²) in [5.41, 5.74) is 2.98. The van der Waals surface area contributed by atoms with Crippen LogP contribution in [-0.4, -0.2) is 26.4 Å². The number of phenols is 1. The molecular formula is C17H18N4O. The van der Waals surface area contributed by atoms with Crippen LogP contribution in [0.3, 0.4) is 0 Å². The quantitative estimate of drug-likeness (QED) is 0.793. The highest BCUT2D eigenvalue weighted by molar-refractivity contribution is 5.74. The lowest BCUT2D eigenvalue weighted by Crippen LogP contribution is -2.09. The number of rotatable bonds is 1. The van der Waals surface area contributed by atoms with Gasteiger partial charge < -0.3 is 10.4 Å². The van der Waals surface area contributed by atoms with Crippen molar-refractivity contribution < 1.29 is 5.11 Å². The Hall–Kier alpha value is -2.56. The van der Waals surface area contributed by atoms with Crippen LogP contribution in [0.1, 0.15) is 37.3 Å². The highest BCUT2D eigenvalue weighted by Gasteiger charge is 2.25. The van der Waals surface area contributed by atoms with Gasteiger partial charge in [-0.2, -0.15) is 0 Å².